The lowest BCUT2D eigenvalue weighted by atomic mass is 10.2. The van der Waals surface area contributed by atoms with Gasteiger partial charge in [-0.25, -0.2) is 4.98 Å². The van der Waals surface area contributed by atoms with E-state index in [4.69, 9.17) is 5.26 Å². The van der Waals surface area contributed by atoms with Crippen LogP contribution < -0.4 is 0 Å². The van der Waals surface area contributed by atoms with E-state index in [1.807, 2.05) is 30.3 Å². The van der Waals surface area contributed by atoms with Gasteiger partial charge in [0.05, 0.1) is 23.5 Å². The summed E-state index contributed by atoms with van der Waals surface area (Å²) >= 11 is 0. The summed E-state index contributed by atoms with van der Waals surface area (Å²) in [4.78, 5) is 8.57. The molecule has 0 aliphatic rings. The van der Waals surface area contributed by atoms with E-state index in [1.165, 1.54) is 5.56 Å². The summed E-state index contributed by atoms with van der Waals surface area (Å²) in [5.41, 5.74) is 3.28. The minimum atomic E-state index is 0.338. The van der Waals surface area contributed by atoms with Gasteiger partial charge in [0.25, 0.3) is 0 Å². The van der Waals surface area contributed by atoms with E-state index >= 15 is 0 Å². The molecule has 0 unspecified atom stereocenters. The number of hydrogen-bond acceptors (Lipinski definition) is 3. The van der Waals surface area contributed by atoms with Crippen molar-refractivity contribution in [1.29, 1.82) is 5.26 Å². The van der Waals surface area contributed by atoms with Crippen molar-refractivity contribution in [2.75, 3.05) is 0 Å². The molecule has 20 heavy (non-hydrogen) atoms. The summed E-state index contributed by atoms with van der Waals surface area (Å²) in [6.07, 6.45) is 4.85. The number of aromatic nitrogens is 3. The molecule has 0 atom stereocenters. The minimum absolute atomic E-state index is 0.338. The number of benzene rings is 1. The van der Waals surface area contributed by atoms with Crippen molar-refractivity contribution in [2.24, 2.45) is 0 Å². The second kappa shape index (κ2) is 5.54. The third-order valence-corrected chi connectivity index (χ3v) is 3.34. The van der Waals surface area contributed by atoms with Crippen LogP contribution in [0.15, 0.2) is 48.8 Å². The fourth-order valence-electron chi connectivity index (χ4n) is 2.37. The second-order valence-corrected chi connectivity index (χ2v) is 4.61. The maximum Gasteiger partial charge on any atom is 0.124 e. The lowest BCUT2D eigenvalue weighted by molar-refractivity contribution is 0.682. The maximum absolute atomic E-state index is 8.94. The first kappa shape index (κ1) is 12.4. The van der Waals surface area contributed by atoms with Crippen LogP contribution in [0, 0.1) is 11.3 Å². The zero-order valence-corrected chi connectivity index (χ0v) is 11.0. The van der Waals surface area contributed by atoms with Crippen LogP contribution in [-0.2, 0) is 19.4 Å². The molecule has 0 N–H and O–H groups in total. The largest absolute Gasteiger partial charge is 0.327 e. The van der Waals surface area contributed by atoms with Gasteiger partial charge in [0.2, 0.25) is 0 Å². The number of fused-ring (bicyclic) bond motifs is 1. The van der Waals surface area contributed by atoms with E-state index in [2.05, 4.69) is 26.7 Å². The fraction of sp³-hybridized carbons (Fsp3) is 0.188. The Hall–Kier alpha value is -2.67. The lowest BCUT2D eigenvalue weighted by Gasteiger charge is -2.07. The van der Waals surface area contributed by atoms with Crippen LogP contribution in [0.25, 0.3) is 11.0 Å². The van der Waals surface area contributed by atoms with Crippen molar-refractivity contribution in [3.8, 4) is 6.07 Å². The van der Waals surface area contributed by atoms with Crippen LogP contribution in [0.5, 0.6) is 0 Å². The van der Waals surface area contributed by atoms with E-state index in [9.17, 15) is 0 Å². The van der Waals surface area contributed by atoms with E-state index in [1.54, 1.807) is 12.4 Å². The summed E-state index contributed by atoms with van der Waals surface area (Å²) in [5.74, 6) is 0.836. The van der Waals surface area contributed by atoms with Crippen LogP contribution in [0.4, 0.5) is 0 Å². The molecule has 0 radical (unpaired) electrons. The quantitative estimate of drug-likeness (QED) is 0.726. The Kier molecular flexibility index (Phi) is 3.42. The average Bonchev–Trinajstić information content (AvgIpc) is 2.84. The Bertz CT molecular complexity index is 753. The topological polar surface area (TPSA) is 54.5 Å². The number of nitriles is 1. The first-order chi connectivity index (χ1) is 9.88. The molecule has 2 aromatic heterocycles. The predicted molar refractivity (Wildman–Crippen MR) is 77.0 cm³/mol. The zero-order valence-electron chi connectivity index (χ0n) is 11.0. The van der Waals surface area contributed by atoms with Crippen LogP contribution in [-0.4, -0.2) is 14.5 Å². The number of imidazole rings is 1. The van der Waals surface area contributed by atoms with E-state index in [-0.39, 0.29) is 0 Å². The van der Waals surface area contributed by atoms with Gasteiger partial charge in [-0.2, -0.15) is 5.26 Å². The van der Waals surface area contributed by atoms with Gasteiger partial charge >= 0.3 is 0 Å². The number of para-hydroxylation sites is 2. The van der Waals surface area contributed by atoms with E-state index in [0.717, 1.165) is 29.8 Å². The second-order valence-electron chi connectivity index (χ2n) is 4.61. The molecule has 3 aromatic rings. The molecule has 0 amide bonds. The molecule has 0 saturated carbocycles. The summed E-state index contributed by atoms with van der Waals surface area (Å²) in [6.45, 7) is 0.821. The molecule has 0 saturated heterocycles. The molecule has 3 rings (SSSR count). The molecule has 0 fully saturated rings. The summed E-state index contributed by atoms with van der Waals surface area (Å²) in [5, 5.41) is 8.94. The van der Waals surface area contributed by atoms with E-state index in [0.29, 0.717) is 6.42 Å². The van der Waals surface area contributed by atoms with Crippen LogP contribution in [0.2, 0.25) is 0 Å². The number of nitrogens with zero attached hydrogens (tertiary/aromatic N) is 4. The Morgan fingerprint density at radius 1 is 1.10 bits per heavy atom. The van der Waals surface area contributed by atoms with Gasteiger partial charge < -0.3 is 4.57 Å². The fourth-order valence-corrected chi connectivity index (χ4v) is 2.37. The number of hydrogen-bond donors (Lipinski definition) is 0. The van der Waals surface area contributed by atoms with Gasteiger partial charge in [0, 0.05) is 18.9 Å². The molecule has 4 nitrogen and oxygen atoms in total. The van der Waals surface area contributed by atoms with Crippen molar-refractivity contribution < 1.29 is 0 Å². The molecule has 0 aliphatic heterocycles. The van der Waals surface area contributed by atoms with Gasteiger partial charge in [-0.1, -0.05) is 12.1 Å². The molecular weight excluding hydrogens is 248 g/mol. The zero-order chi connectivity index (χ0) is 13.8. The smallest absolute Gasteiger partial charge is 0.124 e. The molecule has 0 spiro atoms. The highest BCUT2D eigenvalue weighted by atomic mass is 15.1. The normalized spacial score (nSPS) is 10.6. The molecule has 0 bridgehead atoms. The lowest BCUT2D eigenvalue weighted by Crippen LogP contribution is -2.06. The van der Waals surface area contributed by atoms with Gasteiger partial charge in [-0.3, -0.25) is 4.98 Å². The van der Waals surface area contributed by atoms with Gasteiger partial charge in [0.15, 0.2) is 0 Å². The molecular formula is C16H14N4. The number of aryl methyl sites for hydroxylation is 2. The van der Waals surface area contributed by atoms with E-state index < -0.39 is 0 Å². The number of rotatable bonds is 4. The average molecular weight is 262 g/mol. The molecule has 4 heteroatoms. The standard InChI is InChI=1S/C16H14N4/c17-9-5-16-19-14-3-1-2-4-15(14)20(16)12-8-13-6-10-18-11-7-13/h1-4,6-7,10-11H,5,8,12H2. The highest BCUT2D eigenvalue weighted by Crippen LogP contribution is 2.17. The maximum atomic E-state index is 8.94. The molecule has 2 heterocycles. The van der Waals surface area contributed by atoms with Crippen molar-refractivity contribution in [3.05, 3.63) is 60.2 Å². The Morgan fingerprint density at radius 2 is 1.90 bits per heavy atom. The summed E-state index contributed by atoms with van der Waals surface area (Å²) in [7, 11) is 0. The SMILES string of the molecule is N#CCc1nc2ccccc2n1CCc1ccncc1. The van der Waals surface area contributed by atoms with Crippen LogP contribution in [0.1, 0.15) is 11.4 Å². The van der Waals surface area contributed by atoms with Gasteiger partial charge in [-0.15, -0.1) is 0 Å². The predicted octanol–water partition coefficient (Wildman–Crippen LogP) is 2.74. The summed E-state index contributed by atoms with van der Waals surface area (Å²) in [6, 6.07) is 14.2. The molecule has 0 aliphatic carbocycles. The van der Waals surface area contributed by atoms with Crippen molar-refractivity contribution in [3.63, 3.8) is 0 Å². The minimum Gasteiger partial charge on any atom is -0.327 e. The van der Waals surface area contributed by atoms with Crippen molar-refractivity contribution >= 4 is 11.0 Å². The third-order valence-electron chi connectivity index (χ3n) is 3.34. The third kappa shape index (κ3) is 2.39. The highest BCUT2D eigenvalue weighted by Gasteiger charge is 2.09. The monoisotopic (exact) mass is 262 g/mol. The number of pyridine rings is 1. The van der Waals surface area contributed by atoms with Gasteiger partial charge in [0.1, 0.15) is 5.82 Å². The van der Waals surface area contributed by atoms with Gasteiger partial charge in [-0.05, 0) is 36.2 Å². The van der Waals surface area contributed by atoms with Crippen molar-refractivity contribution in [1.82, 2.24) is 14.5 Å². The first-order valence-corrected chi connectivity index (χ1v) is 6.58. The molecule has 1 aromatic carbocycles. The Balaban J connectivity index is 1.93. The Morgan fingerprint density at radius 3 is 2.70 bits per heavy atom. The van der Waals surface area contributed by atoms with Crippen LogP contribution >= 0.6 is 0 Å². The van der Waals surface area contributed by atoms with Crippen molar-refractivity contribution in [2.45, 2.75) is 19.4 Å². The first-order valence-electron chi connectivity index (χ1n) is 6.58. The van der Waals surface area contributed by atoms with Crippen LogP contribution in [0.3, 0.4) is 0 Å². The summed E-state index contributed by atoms with van der Waals surface area (Å²) < 4.78 is 2.14. The highest BCUT2D eigenvalue weighted by molar-refractivity contribution is 5.76. The molecule has 98 valence electrons. The Labute approximate surface area is 117 Å².